The van der Waals surface area contributed by atoms with Crippen molar-refractivity contribution in [2.24, 2.45) is 4.99 Å². The topological polar surface area (TPSA) is 61.8 Å². The third-order valence-corrected chi connectivity index (χ3v) is 4.97. The molecule has 0 radical (unpaired) electrons. The van der Waals surface area contributed by atoms with E-state index in [-0.39, 0.29) is 29.9 Å². The van der Waals surface area contributed by atoms with Crippen molar-refractivity contribution < 1.29 is 14.0 Å². The molecule has 5 nitrogen and oxygen atoms in total. The van der Waals surface area contributed by atoms with Gasteiger partial charge < -0.3 is 10.2 Å². The standard InChI is InChI=1S/C23H26FN3O2/c1-4-5-6-16-7-13-19(14-8-16)25-20(28)15-27-22(29)21(26-23(27,2)3)17-9-11-18(24)12-10-17/h7-14H,4-6,15H2,1-3H3,(H,25,28). The van der Waals surface area contributed by atoms with Crippen molar-refractivity contribution in [1.82, 2.24) is 4.90 Å². The molecule has 2 aromatic rings. The number of benzene rings is 2. The van der Waals surface area contributed by atoms with Crippen LogP contribution in [0.3, 0.4) is 0 Å². The second-order valence-electron chi connectivity index (χ2n) is 7.70. The van der Waals surface area contributed by atoms with Crippen molar-refractivity contribution >= 4 is 23.2 Å². The Morgan fingerprint density at radius 2 is 1.76 bits per heavy atom. The molecule has 0 unspecified atom stereocenters. The van der Waals surface area contributed by atoms with Gasteiger partial charge in [-0.2, -0.15) is 0 Å². The minimum absolute atomic E-state index is 0.113. The summed E-state index contributed by atoms with van der Waals surface area (Å²) in [5.74, 6) is -1.01. The zero-order chi connectivity index (χ0) is 21.0. The average Bonchev–Trinajstić information content (AvgIpc) is 2.91. The Morgan fingerprint density at radius 1 is 1.10 bits per heavy atom. The molecule has 29 heavy (non-hydrogen) atoms. The first-order chi connectivity index (χ1) is 13.8. The van der Waals surface area contributed by atoms with Crippen LogP contribution in [0.4, 0.5) is 10.1 Å². The summed E-state index contributed by atoms with van der Waals surface area (Å²) in [6.45, 7) is 5.59. The summed E-state index contributed by atoms with van der Waals surface area (Å²) < 4.78 is 13.2. The quantitative estimate of drug-likeness (QED) is 0.765. The largest absolute Gasteiger partial charge is 0.325 e. The Kier molecular flexibility index (Phi) is 6.11. The number of carbonyl (C=O) groups is 2. The molecule has 0 fully saturated rings. The highest BCUT2D eigenvalue weighted by Gasteiger charge is 2.41. The number of carbonyl (C=O) groups excluding carboxylic acids is 2. The minimum atomic E-state index is -0.859. The van der Waals surface area contributed by atoms with Gasteiger partial charge in [0, 0.05) is 11.3 Å². The fourth-order valence-electron chi connectivity index (χ4n) is 3.30. The molecule has 1 heterocycles. The number of rotatable bonds is 7. The number of amides is 2. The fourth-order valence-corrected chi connectivity index (χ4v) is 3.30. The van der Waals surface area contributed by atoms with Crippen molar-refractivity contribution in [3.05, 3.63) is 65.5 Å². The molecule has 0 bridgehead atoms. The highest BCUT2D eigenvalue weighted by Crippen LogP contribution is 2.26. The van der Waals surface area contributed by atoms with Gasteiger partial charge in [0.1, 0.15) is 23.7 Å². The van der Waals surface area contributed by atoms with Gasteiger partial charge in [-0.15, -0.1) is 0 Å². The van der Waals surface area contributed by atoms with Crippen molar-refractivity contribution in [3.63, 3.8) is 0 Å². The Hall–Kier alpha value is -3.02. The summed E-state index contributed by atoms with van der Waals surface area (Å²) in [6, 6.07) is 13.4. The summed E-state index contributed by atoms with van der Waals surface area (Å²) in [7, 11) is 0. The van der Waals surface area contributed by atoms with Crippen molar-refractivity contribution in [3.8, 4) is 0 Å². The zero-order valence-corrected chi connectivity index (χ0v) is 17.0. The van der Waals surface area contributed by atoms with Crippen LogP contribution >= 0.6 is 0 Å². The first kappa shape index (κ1) is 20.7. The Balaban J connectivity index is 1.65. The molecule has 0 atom stereocenters. The summed E-state index contributed by atoms with van der Waals surface area (Å²) in [6.07, 6.45) is 3.29. The van der Waals surface area contributed by atoms with E-state index in [2.05, 4.69) is 17.2 Å². The van der Waals surface area contributed by atoms with Gasteiger partial charge in [0.15, 0.2) is 0 Å². The summed E-state index contributed by atoms with van der Waals surface area (Å²) in [5, 5.41) is 2.84. The van der Waals surface area contributed by atoms with E-state index < -0.39 is 5.66 Å². The molecule has 0 spiro atoms. The molecular weight excluding hydrogens is 369 g/mol. The molecule has 1 aliphatic rings. The maximum Gasteiger partial charge on any atom is 0.275 e. The van der Waals surface area contributed by atoms with E-state index in [0.717, 1.165) is 19.3 Å². The van der Waals surface area contributed by atoms with Crippen LogP contribution in [-0.2, 0) is 16.0 Å². The number of unbranched alkanes of at least 4 members (excludes halogenated alkanes) is 1. The number of nitrogens with zero attached hydrogens (tertiary/aromatic N) is 2. The summed E-state index contributed by atoms with van der Waals surface area (Å²) in [4.78, 5) is 31.3. The van der Waals surface area contributed by atoms with Crippen LogP contribution in [0.15, 0.2) is 53.5 Å². The molecule has 6 heteroatoms. The van der Waals surface area contributed by atoms with Crippen LogP contribution in [0.1, 0.15) is 44.7 Å². The first-order valence-electron chi connectivity index (χ1n) is 9.86. The zero-order valence-electron chi connectivity index (χ0n) is 17.0. The molecule has 1 N–H and O–H groups in total. The lowest BCUT2D eigenvalue weighted by Gasteiger charge is -2.28. The van der Waals surface area contributed by atoms with Crippen molar-refractivity contribution in [1.29, 1.82) is 0 Å². The van der Waals surface area contributed by atoms with Gasteiger partial charge in [-0.05, 0) is 68.7 Å². The van der Waals surface area contributed by atoms with Gasteiger partial charge in [-0.1, -0.05) is 25.5 Å². The van der Waals surface area contributed by atoms with Gasteiger partial charge in [-0.3, -0.25) is 14.6 Å². The molecular formula is C23H26FN3O2. The van der Waals surface area contributed by atoms with E-state index in [4.69, 9.17) is 0 Å². The van der Waals surface area contributed by atoms with Crippen LogP contribution in [0.25, 0.3) is 0 Å². The normalized spacial score (nSPS) is 15.4. The predicted octanol–water partition coefficient (Wildman–Crippen LogP) is 4.17. The van der Waals surface area contributed by atoms with E-state index in [0.29, 0.717) is 11.3 Å². The summed E-state index contributed by atoms with van der Waals surface area (Å²) in [5.41, 5.74) is 1.85. The Bertz CT molecular complexity index is 918. The summed E-state index contributed by atoms with van der Waals surface area (Å²) >= 11 is 0. The SMILES string of the molecule is CCCCc1ccc(NC(=O)CN2C(=O)C(c3ccc(F)cc3)=NC2(C)C)cc1. The lowest BCUT2D eigenvalue weighted by molar-refractivity contribution is -0.131. The maximum absolute atomic E-state index is 13.2. The number of aryl methyl sites for hydroxylation is 1. The van der Waals surface area contributed by atoms with Crippen LogP contribution in [-0.4, -0.2) is 34.6 Å². The lowest BCUT2D eigenvalue weighted by Crippen LogP contribution is -2.46. The third kappa shape index (κ3) is 4.88. The number of hydrogen-bond donors (Lipinski definition) is 1. The van der Waals surface area contributed by atoms with E-state index in [9.17, 15) is 14.0 Å². The van der Waals surface area contributed by atoms with Gasteiger partial charge in [0.2, 0.25) is 5.91 Å². The average molecular weight is 395 g/mol. The second-order valence-corrected chi connectivity index (χ2v) is 7.70. The van der Waals surface area contributed by atoms with Crippen LogP contribution in [0, 0.1) is 5.82 Å². The highest BCUT2D eigenvalue weighted by molar-refractivity contribution is 6.47. The third-order valence-electron chi connectivity index (χ3n) is 4.97. The lowest BCUT2D eigenvalue weighted by atomic mass is 10.1. The van der Waals surface area contributed by atoms with Gasteiger partial charge in [-0.25, -0.2) is 4.39 Å². The van der Waals surface area contributed by atoms with Crippen molar-refractivity contribution in [2.75, 3.05) is 11.9 Å². The van der Waals surface area contributed by atoms with E-state index in [1.54, 1.807) is 13.8 Å². The monoisotopic (exact) mass is 395 g/mol. The first-order valence-corrected chi connectivity index (χ1v) is 9.86. The van der Waals surface area contributed by atoms with E-state index >= 15 is 0 Å². The van der Waals surface area contributed by atoms with Crippen molar-refractivity contribution in [2.45, 2.75) is 45.7 Å². The molecule has 0 saturated carbocycles. The number of nitrogens with one attached hydrogen (secondary N) is 1. The van der Waals surface area contributed by atoms with Crippen LogP contribution < -0.4 is 5.32 Å². The van der Waals surface area contributed by atoms with Gasteiger partial charge >= 0.3 is 0 Å². The van der Waals surface area contributed by atoms with Crippen LogP contribution in [0.2, 0.25) is 0 Å². The molecule has 3 rings (SSSR count). The highest BCUT2D eigenvalue weighted by atomic mass is 19.1. The molecule has 1 aliphatic heterocycles. The molecule has 152 valence electrons. The second kappa shape index (κ2) is 8.55. The molecule has 0 aliphatic carbocycles. The maximum atomic E-state index is 13.2. The number of aliphatic imine (C=N–C) groups is 1. The smallest absolute Gasteiger partial charge is 0.275 e. The fraction of sp³-hybridized carbons (Fsp3) is 0.348. The van der Waals surface area contributed by atoms with E-state index in [1.165, 1.54) is 34.7 Å². The number of halogens is 1. The van der Waals surface area contributed by atoms with E-state index in [1.807, 2.05) is 24.3 Å². The number of anilines is 1. The predicted molar refractivity (Wildman–Crippen MR) is 112 cm³/mol. The molecule has 2 aromatic carbocycles. The van der Waals surface area contributed by atoms with Gasteiger partial charge in [0.25, 0.3) is 5.91 Å². The molecule has 0 aromatic heterocycles. The molecule has 0 saturated heterocycles. The minimum Gasteiger partial charge on any atom is -0.325 e. The van der Waals surface area contributed by atoms with Gasteiger partial charge in [0.05, 0.1) is 0 Å². The Labute approximate surface area is 170 Å². The van der Waals surface area contributed by atoms with Crippen LogP contribution in [0.5, 0.6) is 0 Å². The number of hydrogen-bond acceptors (Lipinski definition) is 3. The Morgan fingerprint density at radius 3 is 2.38 bits per heavy atom. The molecule has 2 amide bonds.